The lowest BCUT2D eigenvalue weighted by molar-refractivity contribution is -0.0925. The molecule has 2 rings (SSSR count). The molecule has 0 spiro atoms. The molecule has 3 heteroatoms. The summed E-state index contributed by atoms with van der Waals surface area (Å²) >= 11 is 0. The van der Waals surface area contributed by atoms with Crippen molar-refractivity contribution in [2.45, 2.75) is 38.4 Å². The second-order valence-electron chi connectivity index (χ2n) is 3.87. The minimum absolute atomic E-state index is 0.000191. The summed E-state index contributed by atoms with van der Waals surface area (Å²) in [5.74, 6) is 0. The molecule has 1 fully saturated rings. The monoisotopic (exact) mass is 208 g/mol. The second kappa shape index (κ2) is 4.75. The van der Waals surface area contributed by atoms with E-state index < -0.39 is 6.29 Å². The largest absolute Gasteiger partial charge is 0.371 e. The van der Waals surface area contributed by atoms with Crippen molar-refractivity contribution in [1.82, 2.24) is 0 Å². The number of benzene rings is 1. The van der Waals surface area contributed by atoms with E-state index >= 15 is 0 Å². The average Bonchev–Trinajstić information content (AvgIpc) is 2.56. The highest BCUT2D eigenvalue weighted by Crippen LogP contribution is 2.22. The maximum atomic E-state index is 9.26. The van der Waals surface area contributed by atoms with E-state index in [2.05, 4.69) is 0 Å². The van der Waals surface area contributed by atoms with Crippen LogP contribution in [0.3, 0.4) is 0 Å². The Bertz CT molecular complexity index is 299. The SMILES string of the molecule is C[C@H]1OC(O)C[C@@H]1OCc1ccccc1. The molecule has 1 saturated heterocycles. The average molecular weight is 208 g/mol. The van der Waals surface area contributed by atoms with Crippen LogP contribution >= 0.6 is 0 Å². The molecular formula is C12H16O3. The number of aliphatic hydroxyl groups is 1. The lowest BCUT2D eigenvalue weighted by atomic mass is 10.2. The molecule has 0 aromatic heterocycles. The van der Waals surface area contributed by atoms with Gasteiger partial charge in [0.15, 0.2) is 6.29 Å². The minimum atomic E-state index is -0.666. The molecule has 0 saturated carbocycles. The smallest absolute Gasteiger partial charge is 0.157 e. The summed E-state index contributed by atoms with van der Waals surface area (Å²) in [6, 6.07) is 10.0. The molecule has 1 heterocycles. The van der Waals surface area contributed by atoms with Crippen molar-refractivity contribution in [3.8, 4) is 0 Å². The molecule has 1 unspecified atom stereocenters. The van der Waals surface area contributed by atoms with Gasteiger partial charge in [-0.1, -0.05) is 30.3 Å². The number of hydrogen-bond acceptors (Lipinski definition) is 3. The van der Waals surface area contributed by atoms with Gasteiger partial charge in [0.25, 0.3) is 0 Å². The van der Waals surface area contributed by atoms with Gasteiger partial charge < -0.3 is 14.6 Å². The van der Waals surface area contributed by atoms with Crippen LogP contribution in [-0.4, -0.2) is 23.6 Å². The van der Waals surface area contributed by atoms with Crippen molar-refractivity contribution in [2.75, 3.05) is 0 Å². The van der Waals surface area contributed by atoms with Gasteiger partial charge in [0.1, 0.15) is 0 Å². The van der Waals surface area contributed by atoms with E-state index in [0.717, 1.165) is 5.56 Å². The maximum Gasteiger partial charge on any atom is 0.157 e. The Labute approximate surface area is 89.6 Å². The van der Waals surface area contributed by atoms with Gasteiger partial charge in [-0.2, -0.15) is 0 Å². The molecule has 1 aromatic rings. The van der Waals surface area contributed by atoms with Crippen molar-refractivity contribution in [3.05, 3.63) is 35.9 Å². The summed E-state index contributed by atoms with van der Waals surface area (Å²) in [5.41, 5.74) is 1.14. The van der Waals surface area contributed by atoms with Crippen LogP contribution in [0.2, 0.25) is 0 Å². The molecule has 1 N–H and O–H groups in total. The summed E-state index contributed by atoms with van der Waals surface area (Å²) in [6.07, 6.45) is -0.127. The fourth-order valence-corrected chi connectivity index (χ4v) is 1.76. The van der Waals surface area contributed by atoms with Crippen LogP contribution in [0.15, 0.2) is 30.3 Å². The van der Waals surface area contributed by atoms with Crippen LogP contribution in [0.1, 0.15) is 18.9 Å². The Morgan fingerprint density at radius 2 is 2.13 bits per heavy atom. The van der Waals surface area contributed by atoms with Crippen molar-refractivity contribution >= 4 is 0 Å². The third kappa shape index (κ3) is 2.78. The predicted octanol–water partition coefficient (Wildman–Crippen LogP) is 1.70. The number of rotatable bonds is 3. The second-order valence-corrected chi connectivity index (χ2v) is 3.87. The minimum Gasteiger partial charge on any atom is -0.371 e. The van der Waals surface area contributed by atoms with Gasteiger partial charge in [0.2, 0.25) is 0 Å². The summed E-state index contributed by atoms with van der Waals surface area (Å²) in [4.78, 5) is 0. The maximum absolute atomic E-state index is 9.26. The fraction of sp³-hybridized carbons (Fsp3) is 0.500. The van der Waals surface area contributed by atoms with Crippen molar-refractivity contribution < 1.29 is 14.6 Å². The Kier molecular flexibility index (Phi) is 3.36. The van der Waals surface area contributed by atoms with Gasteiger partial charge in [0.05, 0.1) is 18.8 Å². The van der Waals surface area contributed by atoms with E-state index in [1.165, 1.54) is 0 Å². The topological polar surface area (TPSA) is 38.7 Å². The first kappa shape index (κ1) is 10.6. The molecule has 1 aliphatic heterocycles. The summed E-state index contributed by atoms with van der Waals surface area (Å²) < 4.78 is 10.9. The fourth-order valence-electron chi connectivity index (χ4n) is 1.76. The van der Waals surface area contributed by atoms with Crippen molar-refractivity contribution in [1.29, 1.82) is 0 Å². The molecule has 0 radical (unpaired) electrons. The van der Waals surface area contributed by atoms with Crippen LogP contribution in [0.4, 0.5) is 0 Å². The van der Waals surface area contributed by atoms with Crippen LogP contribution in [0, 0.1) is 0 Å². The lowest BCUT2D eigenvalue weighted by Gasteiger charge is -2.14. The zero-order chi connectivity index (χ0) is 10.7. The molecule has 0 amide bonds. The Balaban J connectivity index is 1.84. The predicted molar refractivity (Wildman–Crippen MR) is 56.2 cm³/mol. The molecule has 15 heavy (non-hydrogen) atoms. The quantitative estimate of drug-likeness (QED) is 0.821. The van der Waals surface area contributed by atoms with Gasteiger partial charge in [-0.3, -0.25) is 0 Å². The molecule has 1 aromatic carbocycles. The number of hydrogen-bond donors (Lipinski definition) is 1. The molecule has 0 bridgehead atoms. The Hall–Kier alpha value is -0.900. The highest BCUT2D eigenvalue weighted by Gasteiger charge is 2.31. The zero-order valence-electron chi connectivity index (χ0n) is 8.80. The van der Waals surface area contributed by atoms with E-state index in [4.69, 9.17) is 9.47 Å². The van der Waals surface area contributed by atoms with Crippen molar-refractivity contribution in [3.63, 3.8) is 0 Å². The molecular weight excluding hydrogens is 192 g/mol. The lowest BCUT2D eigenvalue weighted by Crippen LogP contribution is -2.20. The van der Waals surface area contributed by atoms with E-state index in [1.54, 1.807) is 0 Å². The van der Waals surface area contributed by atoms with Crippen LogP contribution in [0.25, 0.3) is 0 Å². The standard InChI is InChI=1S/C12H16O3/c1-9-11(7-12(13)15-9)14-8-10-5-3-2-4-6-10/h2-6,9,11-13H,7-8H2,1H3/t9-,11+,12?/m1/s1. The highest BCUT2D eigenvalue weighted by atomic mass is 16.6. The van der Waals surface area contributed by atoms with Crippen LogP contribution in [0.5, 0.6) is 0 Å². The van der Waals surface area contributed by atoms with Crippen molar-refractivity contribution in [2.24, 2.45) is 0 Å². The van der Waals surface area contributed by atoms with Gasteiger partial charge in [-0.15, -0.1) is 0 Å². The zero-order valence-corrected chi connectivity index (χ0v) is 8.80. The summed E-state index contributed by atoms with van der Waals surface area (Å²) in [5, 5.41) is 9.26. The normalized spacial score (nSPS) is 30.7. The molecule has 3 atom stereocenters. The highest BCUT2D eigenvalue weighted by molar-refractivity contribution is 5.13. The number of aliphatic hydroxyl groups excluding tert-OH is 1. The summed E-state index contributed by atoms with van der Waals surface area (Å²) in [7, 11) is 0. The first-order chi connectivity index (χ1) is 7.25. The molecule has 1 aliphatic rings. The number of ether oxygens (including phenoxy) is 2. The first-order valence-electron chi connectivity index (χ1n) is 5.25. The van der Waals surface area contributed by atoms with Gasteiger partial charge in [0, 0.05) is 6.42 Å². The molecule has 0 aliphatic carbocycles. The van der Waals surface area contributed by atoms with E-state index in [1.807, 2.05) is 37.3 Å². The van der Waals surface area contributed by atoms with E-state index in [9.17, 15) is 5.11 Å². The summed E-state index contributed by atoms with van der Waals surface area (Å²) in [6.45, 7) is 2.50. The Morgan fingerprint density at radius 1 is 1.40 bits per heavy atom. The Morgan fingerprint density at radius 3 is 2.73 bits per heavy atom. The third-order valence-corrected chi connectivity index (χ3v) is 2.64. The van der Waals surface area contributed by atoms with Gasteiger partial charge in [-0.05, 0) is 12.5 Å². The first-order valence-corrected chi connectivity index (χ1v) is 5.25. The van der Waals surface area contributed by atoms with Crippen LogP contribution < -0.4 is 0 Å². The van der Waals surface area contributed by atoms with E-state index in [-0.39, 0.29) is 12.2 Å². The van der Waals surface area contributed by atoms with E-state index in [0.29, 0.717) is 13.0 Å². The van der Waals surface area contributed by atoms with Crippen LogP contribution in [-0.2, 0) is 16.1 Å². The van der Waals surface area contributed by atoms with Gasteiger partial charge >= 0.3 is 0 Å². The van der Waals surface area contributed by atoms with Gasteiger partial charge in [-0.25, -0.2) is 0 Å². The molecule has 3 nitrogen and oxygen atoms in total. The third-order valence-electron chi connectivity index (χ3n) is 2.64. The molecule has 82 valence electrons.